The van der Waals surface area contributed by atoms with E-state index in [4.69, 9.17) is 32.7 Å². The summed E-state index contributed by atoms with van der Waals surface area (Å²) in [5.74, 6) is 0.603. The second-order valence-corrected chi connectivity index (χ2v) is 7.44. The molecule has 156 valence electrons. The van der Waals surface area contributed by atoms with Crippen LogP contribution in [0.1, 0.15) is 5.56 Å². The summed E-state index contributed by atoms with van der Waals surface area (Å²) in [6.07, 6.45) is 1.32. The van der Waals surface area contributed by atoms with Gasteiger partial charge in [0.25, 0.3) is 5.91 Å². The monoisotopic (exact) mass is 453 g/mol. The van der Waals surface area contributed by atoms with Crippen molar-refractivity contribution in [1.29, 1.82) is 0 Å². The molecule has 0 unspecified atom stereocenters. The van der Waals surface area contributed by atoms with Crippen molar-refractivity contribution in [2.45, 2.75) is 6.61 Å². The van der Waals surface area contributed by atoms with E-state index in [9.17, 15) is 4.79 Å². The lowest BCUT2D eigenvalue weighted by atomic mass is 10.2. The Hall–Kier alpha value is -3.35. The number of anilines is 1. The largest absolute Gasteiger partial charge is 0.489 e. The standard InChI is InChI=1S/C23H17Cl2N3O3/c24-16-10-19-22(20(25)11-16)26-14-27-23(19)31-13-21(29)28-17-6-8-18(9-7-17)30-12-15-4-2-1-3-5-15/h1-11,14H,12-13H2,(H,28,29). The number of halogens is 2. The lowest BCUT2D eigenvalue weighted by Gasteiger charge is -2.10. The number of hydrogen-bond acceptors (Lipinski definition) is 5. The smallest absolute Gasteiger partial charge is 0.262 e. The average molecular weight is 454 g/mol. The summed E-state index contributed by atoms with van der Waals surface area (Å²) in [6, 6.07) is 20.2. The molecule has 0 saturated carbocycles. The van der Waals surface area contributed by atoms with Crippen LogP contribution >= 0.6 is 23.2 Å². The van der Waals surface area contributed by atoms with Gasteiger partial charge in [0.1, 0.15) is 18.7 Å². The summed E-state index contributed by atoms with van der Waals surface area (Å²) in [4.78, 5) is 20.5. The first-order valence-electron chi connectivity index (χ1n) is 9.38. The summed E-state index contributed by atoms with van der Waals surface area (Å²) in [7, 11) is 0. The number of nitrogens with one attached hydrogen (secondary N) is 1. The molecule has 1 N–H and O–H groups in total. The first-order chi connectivity index (χ1) is 15.1. The topological polar surface area (TPSA) is 73.3 Å². The van der Waals surface area contributed by atoms with Gasteiger partial charge >= 0.3 is 0 Å². The third kappa shape index (κ3) is 5.42. The number of rotatable bonds is 7. The van der Waals surface area contributed by atoms with E-state index in [1.165, 1.54) is 6.33 Å². The van der Waals surface area contributed by atoms with E-state index in [0.29, 0.717) is 39.0 Å². The van der Waals surface area contributed by atoms with Crippen LogP contribution in [0.15, 0.2) is 73.1 Å². The van der Waals surface area contributed by atoms with Crippen molar-refractivity contribution in [3.05, 3.63) is 88.7 Å². The Balaban J connectivity index is 1.33. The molecular formula is C23H17Cl2N3O3. The van der Waals surface area contributed by atoms with Gasteiger partial charge in [-0.3, -0.25) is 4.79 Å². The zero-order valence-corrected chi connectivity index (χ0v) is 17.7. The molecule has 0 aliphatic heterocycles. The SMILES string of the molecule is O=C(COc1ncnc2c(Cl)cc(Cl)cc12)Nc1ccc(OCc2ccccc2)cc1. The molecule has 1 aromatic heterocycles. The number of ether oxygens (including phenoxy) is 2. The Morgan fingerprint density at radius 2 is 1.71 bits per heavy atom. The number of carbonyl (C=O) groups excluding carboxylic acids is 1. The molecule has 0 fully saturated rings. The second-order valence-electron chi connectivity index (χ2n) is 6.60. The van der Waals surface area contributed by atoms with Crippen molar-refractivity contribution in [3.8, 4) is 11.6 Å². The minimum absolute atomic E-state index is 0.231. The first-order valence-corrected chi connectivity index (χ1v) is 10.1. The van der Waals surface area contributed by atoms with E-state index in [0.717, 1.165) is 5.56 Å². The predicted molar refractivity (Wildman–Crippen MR) is 121 cm³/mol. The third-order valence-electron chi connectivity index (χ3n) is 4.35. The Kier molecular flexibility index (Phi) is 6.50. The predicted octanol–water partition coefficient (Wildman–Crippen LogP) is 5.53. The molecule has 4 aromatic rings. The summed E-state index contributed by atoms with van der Waals surface area (Å²) in [6.45, 7) is 0.240. The number of carbonyl (C=O) groups is 1. The highest BCUT2D eigenvalue weighted by Crippen LogP contribution is 2.30. The van der Waals surface area contributed by atoms with E-state index in [-0.39, 0.29) is 18.4 Å². The van der Waals surface area contributed by atoms with Gasteiger partial charge in [-0.1, -0.05) is 53.5 Å². The van der Waals surface area contributed by atoms with Crippen molar-refractivity contribution < 1.29 is 14.3 Å². The van der Waals surface area contributed by atoms with Crippen molar-refractivity contribution in [2.75, 3.05) is 11.9 Å². The Morgan fingerprint density at radius 3 is 2.48 bits per heavy atom. The van der Waals surface area contributed by atoms with Crippen molar-refractivity contribution >= 4 is 45.7 Å². The van der Waals surface area contributed by atoms with Crippen LogP contribution in [0.2, 0.25) is 10.0 Å². The van der Waals surface area contributed by atoms with Gasteiger partial charge in [0.15, 0.2) is 6.61 Å². The number of amides is 1. The van der Waals surface area contributed by atoms with Gasteiger partial charge in [-0.05, 0) is 42.0 Å². The fourth-order valence-corrected chi connectivity index (χ4v) is 3.43. The highest BCUT2D eigenvalue weighted by atomic mass is 35.5. The molecule has 4 rings (SSSR count). The van der Waals surface area contributed by atoms with Crippen LogP contribution in [0.3, 0.4) is 0 Å². The molecule has 0 radical (unpaired) electrons. The maximum Gasteiger partial charge on any atom is 0.262 e. The molecule has 0 aliphatic carbocycles. The van der Waals surface area contributed by atoms with Crippen LogP contribution < -0.4 is 14.8 Å². The summed E-state index contributed by atoms with van der Waals surface area (Å²) >= 11 is 12.2. The van der Waals surface area contributed by atoms with Crippen LogP contribution in [0, 0.1) is 0 Å². The number of benzene rings is 3. The fraction of sp³-hybridized carbons (Fsp3) is 0.0870. The fourth-order valence-electron chi connectivity index (χ4n) is 2.89. The van der Waals surface area contributed by atoms with E-state index in [2.05, 4.69) is 15.3 Å². The van der Waals surface area contributed by atoms with Crippen LogP contribution in [-0.4, -0.2) is 22.5 Å². The molecule has 0 saturated heterocycles. The van der Waals surface area contributed by atoms with E-state index in [1.54, 1.807) is 36.4 Å². The molecule has 6 nitrogen and oxygen atoms in total. The lowest BCUT2D eigenvalue weighted by molar-refractivity contribution is -0.118. The number of fused-ring (bicyclic) bond motifs is 1. The van der Waals surface area contributed by atoms with E-state index in [1.807, 2.05) is 30.3 Å². The molecule has 0 atom stereocenters. The Morgan fingerprint density at radius 1 is 0.935 bits per heavy atom. The highest BCUT2D eigenvalue weighted by molar-refractivity contribution is 6.38. The number of hydrogen-bond donors (Lipinski definition) is 1. The van der Waals surface area contributed by atoms with E-state index >= 15 is 0 Å². The van der Waals surface area contributed by atoms with Crippen molar-refractivity contribution in [2.24, 2.45) is 0 Å². The maximum atomic E-state index is 12.3. The van der Waals surface area contributed by atoms with Crippen LogP contribution in [0.5, 0.6) is 11.6 Å². The molecule has 0 bridgehead atoms. The number of aromatic nitrogens is 2. The highest BCUT2D eigenvalue weighted by Gasteiger charge is 2.12. The van der Waals surface area contributed by atoms with Crippen LogP contribution in [-0.2, 0) is 11.4 Å². The van der Waals surface area contributed by atoms with Gasteiger partial charge < -0.3 is 14.8 Å². The molecule has 8 heteroatoms. The van der Waals surface area contributed by atoms with Crippen molar-refractivity contribution in [1.82, 2.24) is 9.97 Å². The molecule has 0 aliphatic rings. The Labute approximate surface area is 188 Å². The molecular weight excluding hydrogens is 437 g/mol. The van der Waals surface area contributed by atoms with Crippen LogP contribution in [0.4, 0.5) is 5.69 Å². The second kappa shape index (κ2) is 9.64. The zero-order chi connectivity index (χ0) is 21.6. The number of nitrogens with zero attached hydrogens (tertiary/aromatic N) is 2. The minimum atomic E-state index is -0.335. The van der Waals surface area contributed by atoms with E-state index < -0.39 is 0 Å². The summed E-state index contributed by atoms with van der Waals surface area (Å²) < 4.78 is 11.3. The third-order valence-corrected chi connectivity index (χ3v) is 4.85. The summed E-state index contributed by atoms with van der Waals surface area (Å²) in [5, 5.41) is 4.11. The van der Waals surface area contributed by atoms with Gasteiger partial charge in [-0.2, -0.15) is 0 Å². The molecule has 31 heavy (non-hydrogen) atoms. The normalized spacial score (nSPS) is 10.6. The van der Waals surface area contributed by atoms with Crippen molar-refractivity contribution in [3.63, 3.8) is 0 Å². The molecule has 1 amide bonds. The average Bonchev–Trinajstić information content (AvgIpc) is 2.78. The first kappa shape index (κ1) is 20.9. The van der Waals surface area contributed by atoms with Crippen LogP contribution in [0.25, 0.3) is 10.9 Å². The maximum absolute atomic E-state index is 12.3. The minimum Gasteiger partial charge on any atom is -0.489 e. The van der Waals surface area contributed by atoms with Gasteiger partial charge in [-0.25, -0.2) is 9.97 Å². The molecule has 1 heterocycles. The lowest BCUT2D eigenvalue weighted by Crippen LogP contribution is -2.20. The Bertz CT molecular complexity index is 1200. The van der Waals surface area contributed by atoms with Gasteiger partial charge in [0.2, 0.25) is 5.88 Å². The zero-order valence-electron chi connectivity index (χ0n) is 16.2. The van der Waals surface area contributed by atoms with Gasteiger partial charge in [0, 0.05) is 10.7 Å². The van der Waals surface area contributed by atoms with Gasteiger partial charge in [-0.15, -0.1) is 0 Å². The van der Waals surface area contributed by atoms with Gasteiger partial charge in [0.05, 0.1) is 15.9 Å². The summed E-state index contributed by atoms with van der Waals surface area (Å²) in [5.41, 5.74) is 2.21. The molecule has 0 spiro atoms. The quantitative estimate of drug-likeness (QED) is 0.397. The molecule has 3 aromatic carbocycles.